The molecular weight excluding hydrogens is 703 g/mol. The Bertz CT molecular complexity index is 3100. The highest BCUT2D eigenvalue weighted by Crippen LogP contribution is 2.49. The van der Waals surface area contributed by atoms with Gasteiger partial charge in [-0.1, -0.05) is 177 Å². The Morgan fingerprint density at radius 3 is 1.67 bits per heavy atom. The van der Waals surface area contributed by atoms with Crippen molar-refractivity contribution in [3.05, 3.63) is 200 Å². The molecule has 0 atom stereocenters. The number of benzene rings is 9. The van der Waals surface area contributed by atoms with Gasteiger partial charge in [0, 0.05) is 27.6 Å². The Labute approximate surface area is 339 Å². The lowest BCUT2D eigenvalue weighted by Gasteiger charge is -2.31. The number of nitrogens with zero attached hydrogens (tertiary/aromatic N) is 1. The highest BCUT2D eigenvalue weighted by Gasteiger charge is 2.25. The molecule has 1 aliphatic carbocycles. The van der Waals surface area contributed by atoms with Gasteiger partial charge in [0.15, 0.2) is 0 Å². The minimum Gasteiger partial charge on any atom is -0.456 e. The third kappa shape index (κ3) is 5.87. The van der Waals surface area contributed by atoms with Crippen LogP contribution in [0.5, 0.6) is 0 Å². The maximum absolute atomic E-state index is 6.44. The van der Waals surface area contributed by atoms with Gasteiger partial charge < -0.3 is 9.32 Å². The monoisotopic (exact) mass is 745 g/mol. The van der Waals surface area contributed by atoms with Crippen LogP contribution in [0.2, 0.25) is 0 Å². The van der Waals surface area contributed by atoms with Gasteiger partial charge in [-0.25, -0.2) is 0 Å². The van der Waals surface area contributed by atoms with E-state index in [-0.39, 0.29) is 0 Å². The van der Waals surface area contributed by atoms with Gasteiger partial charge in [-0.2, -0.15) is 0 Å². The molecule has 1 saturated carbocycles. The van der Waals surface area contributed by atoms with E-state index < -0.39 is 0 Å². The fraction of sp³-hybridized carbons (Fsp3) is 0.107. The zero-order valence-corrected chi connectivity index (χ0v) is 32.4. The molecule has 1 fully saturated rings. The van der Waals surface area contributed by atoms with Gasteiger partial charge in [-0.15, -0.1) is 0 Å². The molecule has 0 radical (unpaired) electrons. The SMILES string of the molecule is c1ccc(N(c2ccc(-c3cccc4ccccc34)cc2)c2ccccc2-c2cccc3oc4ccccc4c23)c(-c2cccc3cccc(C4CCCCC4)c23)c1. The number of fused-ring (bicyclic) bond motifs is 5. The molecule has 11 rings (SSSR count). The quantitative estimate of drug-likeness (QED) is 0.162. The van der Waals surface area contributed by atoms with E-state index in [1.54, 1.807) is 0 Å². The Morgan fingerprint density at radius 1 is 0.379 bits per heavy atom. The fourth-order valence-corrected chi connectivity index (χ4v) is 9.82. The summed E-state index contributed by atoms with van der Waals surface area (Å²) in [5, 5.41) is 7.46. The van der Waals surface area contributed by atoms with Crippen LogP contribution in [-0.4, -0.2) is 0 Å². The number of hydrogen-bond acceptors (Lipinski definition) is 2. The van der Waals surface area contributed by atoms with Gasteiger partial charge in [0.2, 0.25) is 0 Å². The zero-order valence-electron chi connectivity index (χ0n) is 32.4. The second kappa shape index (κ2) is 14.6. The first kappa shape index (κ1) is 34.4. The largest absolute Gasteiger partial charge is 0.456 e. The fourth-order valence-electron chi connectivity index (χ4n) is 9.82. The average Bonchev–Trinajstić information content (AvgIpc) is 3.69. The van der Waals surface area contributed by atoms with Gasteiger partial charge in [0.1, 0.15) is 11.2 Å². The van der Waals surface area contributed by atoms with Crippen molar-refractivity contribution < 1.29 is 4.42 Å². The summed E-state index contributed by atoms with van der Waals surface area (Å²) < 4.78 is 6.44. The Balaban J connectivity index is 1.15. The maximum Gasteiger partial charge on any atom is 0.136 e. The summed E-state index contributed by atoms with van der Waals surface area (Å²) in [7, 11) is 0. The lowest BCUT2D eigenvalue weighted by molar-refractivity contribution is 0.445. The summed E-state index contributed by atoms with van der Waals surface area (Å²) in [5.41, 5.74) is 13.9. The van der Waals surface area contributed by atoms with E-state index in [2.05, 4.69) is 193 Å². The highest BCUT2D eigenvalue weighted by atomic mass is 16.3. The van der Waals surface area contributed by atoms with Crippen molar-refractivity contribution >= 4 is 60.5 Å². The van der Waals surface area contributed by atoms with E-state index in [0.717, 1.165) is 50.1 Å². The topological polar surface area (TPSA) is 16.4 Å². The molecular formula is C56H43NO. The molecule has 0 spiro atoms. The van der Waals surface area contributed by atoms with Crippen LogP contribution in [0.3, 0.4) is 0 Å². The molecule has 1 aromatic heterocycles. The van der Waals surface area contributed by atoms with Crippen LogP contribution in [0, 0.1) is 0 Å². The smallest absolute Gasteiger partial charge is 0.136 e. The average molecular weight is 746 g/mol. The highest BCUT2D eigenvalue weighted by molar-refractivity contribution is 6.14. The number of anilines is 3. The van der Waals surface area contributed by atoms with Crippen molar-refractivity contribution in [3.63, 3.8) is 0 Å². The standard InChI is InChI=1S/C56H43NO/c1-2-16-39(17-3-1)45-27-13-20-41-21-14-28-48(55(41)45)46-23-6-9-30-51(46)57(42-36-34-40(35-37-42)44-26-12-19-38-18-4-5-22-43(38)44)52-31-10-7-24-47(52)49-29-15-33-54-56(49)50-25-8-11-32-53(50)58-54/h4-15,18-37,39H,1-3,16-17H2. The maximum atomic E-state index is 6.44. The van der Waals surface area contributed by atoms with Crippen molar-refractivity contribution in [3.8, 4) is 33.4 Å². The first-order valence-electron chi connectivity index (χ1n) is 20.8. The molecule has 0 aliphatic heterocycles. The third-order valence-electron chi connectivity index (χ3n) is 12.5. The Hall–Kier alpha value is -6.90. The lowest BCUT2D eigenvalue weighted by Crippen LogP contribution is -2.12. The van der Waals surface area contributed by atoms with Crippen LogP contribution in [0.25, 0.3) is 76.9 Å². The minimum absolute atomic E-state index is 0.578. The molecule has 1 aliphatic rings. The predicted molar refractivity (Wildman–Crippen MR) is 246 cm³/mol. The van der Waals surface area contributed by atoms with Crippen LogP contribution in [0.15, 0.2) is 199 Å². The molecule has 0 amide bonds. The molecule has 10 aromatic rings. The molecule has 1 heterocycles. The predicted octanol–water partition coefficient (Wildman–Crippen LogP) is 16.4. The van der Waals surface area contributed by atoms with Gasteiger partial charge in [-0.05, 0) is 105 Å². The molecule has 0 unspecified atom stereocenters. The summed E-state index contributed by atoms with van der Waals surface area (Å²) in [4.78, 5) is 2.49. The summed E-state index contributed by atoms with van der Waals surface area (Å²) >= 11 is 0. The Morgan fingerprint density at radius 2 is 0.914 bits per heavy atom. The second-order valence-electron chi connectivity index (χ2n) is 15.8. The van der Waals surface area contributed by atoms with Crippen LogP contribution in [0.1, 0.15) is 43.6 Å². The van der Waals surface area contributed by atoms with Gasteiger partial charge >= 0.3 is 0 Å². The molecule has 278 valence electrons. The van der Waals surface area contributed by atoms with Gasteiger partial charge in [-0.3, -0.25) is 0 Å². The zero-order chi connectivity index (χ0) is 38.4. The van der Waals surface area contributed by atoms with E-state index in [1.807, 2.05) is 6.07 Å². The lowest BCUT2D eigenvalue weighted by atomic mass is 9.80. The first-order valence-corrected chi connectivity index (χ1v) is 20.8. The van der Waals surface area contributed by atoms with E-state index >= 15 is 0 Å². The minimum atomic E-state index is 0.578. The molecule has 0 bridgehead atoms. The van der Waals surface area contributed by atoms with Crippen molar-refractivity contribution in [2.45, 2.75) is 38.0 Å². The van der Waals surface area contributed by atoms with E-state index in [0.29, 0.717) is 5.92 Å². The van der Waals surface area contributed by atoms with Gasteiger partial charge in [0.05, 0.1) is 11.4 Å². The van der Waals surface area contributed by atoms with E-state index in [4.69, 9.17) is 4.42 Å². The normalized spacial score (nSPS) is 13.4. The van der Waals surface area contributed by atoms with E-state index in [9.17, 15) is 0 Å². The summed E-state index contributed by atoms with van der Waals surface area (Å²) in [6.07, 6.45) is 6.46. The van der Waals surface area contributed by atoms with Crippen molar-refractivity contribution in [1.29, 1.82) is 0 Å². The summed E-state index contributed by atoms with van der Waals surface area (Å²) in [5.74, 6) is 0.578. The van der Waals surface area contributed by atoms with Crippen LogP contribution < -0.4 is 4.90 Å². The first-order chi connectivity index (χ1) is 28.8. The van der Waals surface area contributed by atoms with Crippen LogP contribution in [-0.2, 0) is 0 Å². The molecule has 2 heteroatoms. The molecule has 0 N–H and O–H groups in total. The van der Waals surface area contributed by atoms with Crippen LogP contribution in [0.4, 0.5) is 17.1 Å². The summed E-state index contributed by atoms with van der Waals surface area (Å²) in [6.45, 7) is 0. The van der Waals surface area contributed by atoms with Crippen molar-refractivity contribution in [2.75, 3.05) is 4.90 Å². The van der Waals surface area contributed by atoms with Crippen molar-refractivity contribution in [2.24, 2.45) is 0 Å². The third-order valence-corrected chi connectivity index (χ3v) is 12.5. The van der Waals surface area contributed by atoms with Crippen LogP contribution >= 0.6 is 0 Å². The molecule has 0 saturated heterocycles. The van der Waals surface area contributed by atoms with Crippen molar-refractivity contribution in [1.82, 2.24) is 0 Å². The summed E-state index contributed by atoms with van der Waals surface area (Å²) in [6, 6.07) is 71.0. The van der Waals surface area contributed by atoms with E-state index in [1.165, 1.54) is 81.5 Å². The van der Waals surface area contributed by atoms with Gasteiger partial charge in [0.25, 0.3) is 0 Å². The number of rotatable bonds is 7. The number of hydrogen-bond donors (Lipinski definition) is 0. The second-order valence-corrected chi connectivity index (χ2v) is 15.8. The molecule has 2 nitrogen and oxygen atoms in total. The molecule has 9 aromatic carbocycles. The number of para-hydroxylation sites is 3. The Kier molecular flexibility index (Phi) is 8.62. The number of furan rings is 1. The molecule has 58 heavy (non-hydrogen) atoms.